The van der Waals surface area contributed by atoms with Crippen LogP contribution in [0, 0.1) is 18.3 Å². The molecule has 116 valence electrons. The third-order valence-corrected chi connectivity index (χ3v) is 4.08. The Morgan fingerprint density at radius 3 is 2.38 bits per heavy atom. The van der Waals surface area contributed by atoms with Crippen LogP contribution in [-0.4, -0.2) is 25.0 Å². The molecule has 1 heterocycles. The number of aryl methyl sites for hydroxylation is 1. The number of rotatable bonds is 2. The van der Waals surface area contributed by atoms with Crippen molar-refractivity contribution in [3.63, 3.8) is 0 Å². The minimum atomic E-state index is -0.324. The fourth-order valence-corrected chi connectivity index (χ4v) is 2.82. The molecule has 0 bridgehead atoms. The van der Waals surface area contributed by atoms with Crippen molar-refractivity contribution in [1.82, 2.24) is 5.32 Å². The summed E-state index contributed by atoms with van der Waals surface area (Å²) in [6, 6.07) is 8.89. The lowest BCUT2D eigenvalue weighted by molar-refractivity contribution is -0.129. The lowest BCUT2D eigenvalue weighted by atomic mass is 9.92. The van der Waals surface area contributed by atoms with Gasteiger partial charge in [-0.1, -0.05) is 45.4 Å². The van der Waals surface area contributed by atoms with Gasteiger partial charge in [0.2, 0.25) is 5.91 Å². The van der Waals surface area contributed by atoms with Gasteiger partial charge in [0, 0.05) is 30.2 Å². The minimum Gasteiger partial charge on any atom is -0.369 e. The third-order valence-electron chi connectivity index (χ3n) is 4.08. The fraction of sp³-hybridized carbons (Fsp3) is 0.611. The van der Waals surface area contributed by atoms with Gasteiger partial charge in [-0.25, -0.2) is 0 Å². The highest BCUT2D eigenvalue weighted by atomic mass is 16.2. The molecule has 1 aliphatic rings. The molecular weight excluding hydrogens is 260 g/mol. The van der Waals surface area contributed by atoms with Crippen LogP contribution in [0.25, 0.3) is 0 Å². The van der Waals surface area contributed by atoms with E-state index >= 15 is 0 Å². The molecule has 1 aliphatic heterocycles. The number of hydrogen-bond acceptors (Lipinski definition) is 2. The Morgan fingerprint density at radius 1 is 1.19 bits per heavy atom. The van der Waals surface area contributed by atoms with E-state index in [0.29, 0.717) is 5.92 Å². The van der Waals surface area contributed by atoms with Gasteiger partial charge < -0.3 is 10.2 Å². The van der Waals surface area contributed by atoms with Gasteiger partial charge in [0.25, 0.3) is 0 Å². The van der Waals surface area contributed by atoms with E-state index in [4.69, 9.17) is 0 Å². The van der Waals surface area contributed by atoms with Crippen LogP contribution >= 0.6 is 0 Å². The molecule has 1 saturated heterocycles. The SMILES string of the molecule is Cc1ccc(N2CC(C)CC(NC(=O)C(C)(C)C)C2)cc1. The average molecular weight is 288 g/mol. The van der Waals surface area contributed by atoms with Gasteiger partial charge >= 0.3 is 0 Å². The predicted molar refractivity (Wildman–Crippen MR) is 88.6 cm³/mol. The Labute approximate surface area is 128 Å². The van der Waals surface area contributed by atoms with Gasteiger partial charge in [-0.2, -0.15) is 0 Å². The number of piperidine rings is 1. The van der Waals surface area contributed by atoms with Gasteiger partial charge in [0.05, 0.1) is 0 Å². The van der Waals surface area contributed by atoms with Crippen molar-refractivity contribution >= 4 is 11.6 Å². The Hall–Kier alpha value is -1.51. The number of carbonyl (C=O) groups excluding carboxylic acids is 1. The monoisotopic (exact) mass is 288 g/mol. The molecule has 3 heteroatoms. The summed E-state index contributed by atoms with van der Waals surface area (Å²) in [5.74, 6) is 0.732. The molecule has 0 spiro atoms. The van der Waals surface area contributed by atoms with Crippen molar-refractivity contribution in [2.45, 2.75) is 47.1 Å². The topological polar surface area (TPSA) is 32.3 Å². The summed E-state index contributed by atoms with van der Waals surface area (Å²) < 4.78 is 0. The molecule has 2 unspecified atom stereocenters. The fourth-order valence-electron chi connectivity index (χ4n) is 2.82. The lowest BCUT2D eigenvalue weighted by Gasteiger charge is -2.39. The van der Waals surface area contributed by atoms with Crippen LogP contribution in [-0.2, 0) is 4.79 Å². The van der Waals surface area contributed by atoms with E-state index in [0.717, 1.165) is 19.5 Å². The first kappa shape index (κ1) is 15.9. The van der Waals surface area contributed by atoms with E-state index in [2.05, 4.69) is 48.3 Å². The Kier molecular flexibility index (Phi) is 4.60. The highest BCUT2D eigenvalue weighted by molar-refractivity contribution is 5.81. The first-order valence-electron chi connectivity index (χ1n) is 7.88. The first-order valence-corrected chi connectivity index (χ1v) is 7.88. The van der Waals surface area contributed by atoms with Crippen molar-refractivity contribution in [1.29, 1.82) is 0 Å². The van der Waals surface area contributed by atoms with Crippen molar-refractivity contribution in [2.75, 3.05) is 18.0 Å². The van der Waals surface area contributed by atoms with Crippen LogP contribution in [0.3, 0.4) is 0 Å². The predicted octanol–water partition coefficient (Wildman–Crippen LogP) is 3.37. The van der Waals surface area contributed by atoms with E-state index in [1.165, 1.54) is 11.3 Å². The molecule has 1 fully saturated rings. The Morgan fingerprint density at radius 2 is 1.81 bits per heavy atom. The molecule has 1 aromatic rings. The number of benzene rings is 1. The second-order valence-electron chi connectivity index (χ2n) is 7.50. The van der Waals surface area contributed by atoms with Gasteiger partial charge in [0.15, 0.2) is 0 Å². The van der Waals surface area contributed by atoms with E-state index in [9.17, 15) is 4.79 Å². The van der Waals surface area contributed by atoms with Crippen LogP contribution in [0.15, 0.2) is 24.3 Å². The van der Waals surface area contributed by atoms with Crippen LogP contribution in [0.5, 0.6) is 0 Å². The van der Waals surface area contributed by atoms with Crippen molar-refractivity contribution in [3.8, 4) is 0 Å². The number of amides is 1. The van der Waals surface area contributed by atoms with E-state index in [1.54, 1.807) is 0 Å². The van der Waals surface area contributed by atoms with E-state index in [1.807, 2.05) is 20.8 Å². The maximum absolute atomic E-state index is 12.2. The molecule has 21 heavy (non-hydrogen) atoms. The highest BCUT2D eigenvalue weighted by Crippen LogP contribution is 2.24. The Balaban J connectivity index is 2.05. The number of anilines is 1. The summed E-state index contributed by atoms with van der Waals surface area (Å²) in [7, 11) is 0. The summed E-state index contributed by atoms with van der Waals surface area (Å²) >= 11 is 0. The average Bonchev–Trinajstić information content (AvgIpc) is 2.37. The van der Waals surface area contributed by atoms with Crippen molar-refractivity contribution in [3.05, 3.63) is 29.8 Å². The Bertz CT molecular complexity index is 487. The van der Waals surface area contributed by atoms with Crippen molar-refractivity contribution in [2.24, 2.45) is 11.3 Å². The van der Waals surface area contributed by atoms with Crippen LogP contribution in [0.4, 0.5) is 5.69 Å². The smallest absolute Gasteiger partial charge is 0.225 e. The summed E-state index contributed by atoms with van der Waals surface area (Å²) in [5.41, 5.74) is 2.21. The summed E-state index contributed by atoms with van der Waals surface area (Å²) in [5, 5.41) is 3.22. The quantitative estimate of drug-likeness (QED) is 0.905. The molecule has 2 atom stereocenters. The van der Waals surface area contributed by atoms with Crippen LogP contribution < -0.4 is 10.2 Å². The van der Waals surface area contributed by atoms with Gasteiger partial charge in [-0.15, -0.1) is 0 Å². The van der Waals surface area contributed by atoms with Crippen LogP contribution in [0.2, 0.25) is 0 Å². The molecular formula is C18H28N2O. The number of nitrogens with one attached hydrogen (secondary N) is 1. The van der Waals surface area contributed by atoms with Gasteiger partial charge in [0.1, 0.15) is 0 Å². The van der Waals surface area contributed by atoms with Crippen molar-refractivity contribution < 1.29 is 4.79 Å². The lowest BCUT2D eigenvalue weighted by Crippen LogP contribution is -2.52. The third kappa shape index (κ3) is 4.23. The number of hydrogen-bond donors (Lipinski definition) is 1. The highest BCUT2D eigenvalue weighted by Gasteiger charge is 2.29. The largest absolute Gasteiger partial charge is 0.369 e. The van der Waals surface area contributed by atoms with E-state index < -0.39 is 0 Å². The zero-order valence-corrected chi connectivity index (χ0v) is 13.9. The zero-order chi connectivity index (χ0) is 15.6. The molecule has 1 aromatic carbocycles. The molecule has 0 aromatic heterocycles. The number of nitrogens with zero attached hydrogens (tertiary/aromatic N) is 1. The van der Waals surface area contributed by atoms with E-state index in [-0.39, 0.29) is 17.4 Å². The van der Waals surface area contributed by atoms with Gasteiger partial charge in [-0.3, -0.25) is 4.79 Å². The second kappa shape index (κ2) is 6.08. The molecule has 2 rings (SSSR count). The number of carbonyl (C=O) groups is 1. The molecule has 1 N–H and O–H groups in total. The normalized spacial score (nSPS) is 23.0. The maximum atomic E-state index is 12.2. The molecule has 1 amide bonds. The maximum Gasteiger partial charge on any atom is 0.225 e. The summed E-state index contributed by atoms with van der Waals surface area (Å²) in [6.45, 7) is 12.2. The van der Waals surface area contributed by atoms with Gasteiger partial charge in [-0.05, 0) is 31.4 Å². The zero-order valence-electron chi connectivity index (χ0n) is 13.9. The molecule has 0 aliphatic carbocycles. The minimum absolute atomic E-state index is 0.144. The molecule has 0 radical (unpaired) electrons. The van der Waals surface area contributed by atoms with Crippen LogP contribution in [0.1, 0.15) is 39.7 Å². The first-order chi connectivity index (χ1) is 9.75. The molecule has 0 saturated carbocycles. The standard InChI is InChI=1S/C18H28N2O/c1-13-6-8-16(9-7-13)20-11-14(2)10-15(12-20)19-17(21)18(3,4)5/h6-9,14-15H,10-12H2,1-5H3,(H,19,21). The second-order valence-corrected chi connectivity index (χ2v) is 7.50. The molecule has 3 nitrogen and oxygen atoms in total. The summed E-state index contributed by atoms with van der Waals surface area (Å²) in [4.78, 5) is 14.6. The summed E-state index contributed by atoms with van der Waals surface area (Å²) in [6.07, 6.45) is 1.06.